The van der Waals surface area contributed by atoms with E-state index in [1.54, 1.807) is 4.90 Å². The molecule has 3 rings (SSSR count). The predicted molar refractivity (Wildman–Crippen MR) is 108 cm³/mol. The lowest BCUT2D eigenvalue weighted by atomic mass is 9.75. The first-order valence-corrected chi connectivity index (χ1v) is 9.61. The summed E-state index contributed by atoms with van der Waals surface area (Å²) in [5, 5.41) is 16.4. The van der Waals surface area contributed by atoms with Gasteiger partial charge in [-0.1, -0.05) is 60.7 Å². The van der Waals surface area contributed by atoms with Gasteiger partial charge in [-0.25, -0.2) is 4.79 Å². The Bertz CT molecular complexity index is 721. The Balaban J connectivity index is 1.74. The van der Waals surface area contributed by atoms with Gasteiger partial charge in [0.1, 0.15) is 0 Å². The number of carbonyl (C=O) groups is 1. The summed E-state index contributed by atoms with van der Waals surface area (Å²) >= 11 is 0. The molecule has 5 nitrogen and oxygen atoms in total. The fourth-order valence-corrected chi connectivity index (χ4v) is 3.88. The second-order valence-corrected chi connectivity index (χ2v) is 7.38. The molecule has 1 saturated heterocycles. The fraction of sp³-hybridized carbons (Fsp3) is 0.409. The van der Waals surface area contributed by atoms with E-state index in [0.29, 0.717) is 6.54 Å². The highest BCUT2D eigenvalue weighted by Gasteiger charge is 2.50. The largest absolute Gasteiger partial charge is 0.394 e. The Morgan fingerprint density at radius 3 is 2.26 bits per heavy atom. The molecule has 1 heterocycles. The number of hydrogen-bond acceptors (Lipinski definition) is 3. The molecule has 0 aromatic heterocycles. The van der Waals surface area contributed by atoms with Gasteiger partial charge in [0, 0.05) is 25.0 Å². The van der Waals surface area contributed by atoms with Crippen molar-refractivity contribution in [2.75, 3.05) is 13.2 Å². The summed E-state index contributed by atoms with van der Waals surface area (Å²) in [5.41, 5.74) is 2.38. The number of benzene rings is 2. The van der Waals surface area contributed by atoms with E-state index in [2.05, 4.69) is 34.9 Å². The van der Waals surface area contributed by atoms with Crippen LogP contribution in [0, 0.1) is 0 Å². The zero-order valence-electron chi connectivity index (χ0n) is 16.0. The van der Waals surface area contributed by atoms with E-state index < -0.39 is 0 Å². The van der Waals surface area contributed by atoms with Crippen LogP contribution in [-0.2, 0) is 6.54 Å². The van der Waals surface area contributed by atoms with Gasteiger partial charge >= 0.3 is 6.03 Å². The van der Waals surface area contributed by atoms with Crippen molar-refractivity contribution in [1.29, 1.82) is 0 Å². The number of urea groups is 1. The quantitative estimate of drug-likeness (QED) is 0.705. The molecule has 1 aliphatic heterocycles. The van der Waals surface area contributed by atoms with Crippen LogP contribution in [0.1, 0.15) is 30.9 Å². The summed E-state index contributed by atoms with van der Waals surface area (Å²) in [4.78, 5) is 14.5. The van der Waals surface area contributed by atoms with Crippen molar-refractivity contribution in [3.8, 4) is 0 Å². The molecule has 0 aliphatic carbocycles. The highest BCUT2D eigenvalue weighted by Crippen LogP contribution is 2.40. The second-order valence-electron chi connectivity index (χ2n) is 7.38. The van der Waals surface area contributed by atoms with Gasteiger partial charge in [-0.15, -0.1) is 0 Å². The molecule has 0 unspecified atom stereocenters. The number of hydrogen-bond donors (Lipinski definition) is 3. The first-order chi connectivity index (χ1) is 13.1. The minimum atomic E-state index is -0.199. The van der Waals surface area contributed by atoms with Crippen LogP contribution in [0.4, 0.5) is 4.79 Å². The van der Waals surface area contributed by atoms with E-state index in [-0.39, 0.29) is 36.7 Å². The zero-order chi connectivity index (χ0) is 19.2. The second kappa shape index (κ2) is 9.02. The van der Waals surface area contributed by atoms with Gasteiger partial charge < -0.3 is 20.6 Å². The lowest BCUT2D eigenvalue weighted by Crippen LogP contribution is -2.70. The lowest BCUT2D eigenvalue weighted by molar-refractivity contribution is -0.00804. The van der Waals surface area contributed by atoms with Crippen molar-refractivity contribution >= 4 is 6.03 Å². The van der Waals surface area contributed by atoms with E-state index in [0.717, 1.165) is 12.1 Å². The molecule has 0 radical (unpaired) electrons. The first kappa shape index (κ1) is 19.4. The number of carbonyl (C=O) groups excluding carboxylic acids is 1. The number of aliphatic hydroxyl groups is 1. The van der Waals surface area contributed by atoms with E-state index >= 15 is 0 Å². The molecule has 27 heavy (non-hydrogen) atoms. The number of likely N-dealkylation sites (tertiary alicyclic amines) is 1. The Morgan fingerprint density at radius 1 is 1.04 bits per heavy atom. The highest BCUT2D eigenvalue weighted by molar-refractivity contribution is 5.77. The van der Waals surface area contributed by atoms with Gasteiger partial charge in [-0.3, -0.25) is 0 Å². The topological polar surface area (TPSA) is 64.6 Å². The maximum absolute atomic E-state index is 12.7. The van der Waals surface area contributed by atoms with Gasteiger partial charge in [0.25, 0.3) is 0 Å². The molecule has 0 bridgehead atoms. The van der Waals surface area contributed by atoms with Crippen molar-refractivity contribution in [3.63, 3.8) is 0 Å². The molecule has 2 aromatic rings. The van der Waals surface area contributed by atoms with E-state index in [9.17, 15) is 9.90 Å². The molecule has 1 fully saturated rings. The van der Waals surface area contributed by atoms with Crippen LogP contribution in [0.2, 0.25) is 0 Å². The maximum Gasteiger partial charge on any atom is 0.318 e. The average Bonchev–Trinajstić information content (AvgIpc) is 2.65. The Labute approximate surface area is 161 Å². The highest BCUT2D eigenvalue weighted by atomic mass is 16.3. The van der Waals surface area contributed by atoms with Crippen molar-refractivity contribution in [1.82, 2.24) is 15.5 Å². The van der Waals surface area contributed by atoms with Gasteiger partial charge in [-0.05, 0) is 25.0 Å². The molecule has 3 atom stereocenters. The van der Waals surface area contributed by atoms with Crippen LogP contribution in [-0.4, -0.2) is 47.3 Å². The lowest BCUT2D eigenvalue weighted by Gasteiger charge is -2.55. The van der Waals surface area contributed by atoms with Crippen LogP contribution in [0.3, 0.4) is 0 Å². The third kappa shape index (κ3) is 4.49. The fourth-order valence-electron chi connectivity index (χ4n) is 3.88. The summed E-state index contributed by atoms with van der Waals surface area (Å²) in [6, 6.07) is 20.1. The normalized spacial score (nSPS) is 21.8. The average molecular weight is 367 g/mol. The van der Waals surface area contributed by atoms with Crippen LogP contribution in [0.5, 0.6) is 0 Å². The van der Waals surface area contributed by atoms with Crippen molar-refractivity contribution < 1.29 is 9.90 Å². The third-order valence-electron chi connectivity index (χ3n) is 5.09. The molecule has 0 saturated carbocycles. The third-order valence-corrected chi connectivity index (χ3v) is 5.09. The van der Waals surface area contributed by atoms with Crippen molar-refractivity contribution in [2.24, 2.45) is 0 Å². The predicted octanol–water partition coefficient (Wildman–Crippen LogP) is 2.72. The summed E-state index contributed by atoms with van der Waals surface area (Å²) in [6.07, 6.45) is 0. The summed E-state index contributed by atoms with van der Waals surface area (Å²) in [5.74, 6) is 0.123. The summed E-state index contributed by atoms with van der Waals surface area (Å²) < 4.78 is 0. The Morgan fingerprint density at radius 2 is 1.67 bits per heavy atom. The molecule has 5 heteroatoms. The zero-order valence-corrected chi connectivity index (χ0v) is 16.0. The van der Waals surface area contributed by atoms with E-state index in [4.69, 9.17) is 0 Å². The first-order valence-electron chi connectivity index (χ1n) is 9.61. The van der Waals surface area contributed by atoms with Crippen LogP contribution < -0.4 is 10.6 Å². The van der Waals surface area contributed by atoms with Crippen molar-refractivity contribution in [3.05, 3.63) is 71.8 Å². The monoisotopic (exact) mass is 367 g/mol. The Hall–Kier alpha value is -2.37. The SMILES string of the molecule is CC(C)NC(=O)N1[C@H](CO)[C@H](c2ccccc2)[C@@H]1CNCc1ccccc1. The molecular weight excluding hydrogens is 338 g/mol. The Kier molecular flexibility index (Phi) is 6.48. The number of rotatable bonds is 7. The van der Waals surface area contributed by atoms with Gasteiger partial charge in [0.05, 0.1) is 18.7 Å². The molecule has 2 aromatic carbocycles. The minimum absolute atomic E-state index is 0.00649. The molecule has 2 amide bonds. The number of nitrogens with one attached hydrogen (secondary N) is 2. The van der Waals surface area contributed by atoms with Crippen LogP contribution in [0.25, 0.3) is 0 Å². The van der Waals surface area contributed by atoms with Crippen LogP contribution in [0.15, 0.2) is 60.7 Å². The molecule has 3 N–H and O–H groups in total. The minimum Gasteiger partial charge on any atom is -0.394 e. The van der Waals surface area contributed by atoms with Gasteiger partial charge in [0.2, 0.25) is 0 Å². The molecule has 0 spiro atoms. The van der Waals surface area contributed by atoms with Gasteiger partial charge in [0.15, 0.2) is 0 Å². The standard InChI is InChI=1S/C22H29N3O2/c1-16(2)24-22(27)25-19(14-23-13-17-9-5-3-6-10-17)21(20(25)15-26)18-11-7-4-8-12-18/h3-12,16,19-21,23,26H,13-15H2,1-2H3,(H,24,27)/t19-,20+,21+/m0/s1. The molecule has 144 valence electrons. The van der Waals surface area contributed by atoms with Gasteiger partial charge in [-0.2, -0.15) is 0 Å². The smallest absolute Gasteiger partial charge is 0.318 e. The number of nitrogens with zero attached hydrogens (tertiary/aromatic N) is 1. The van der Waals surface area contributed by atoms with E-state index in [1.165, 1.54) is 5.56 Å². The van der Waals surface area contributed by atoms with Crippen molar-refractivity contribution in [2.45, 2.75) is 44.4 Å². The van der Waals surface area contributed by atoms with Crippen LogP contribution >= 0.6 is 0 Å². The molecular formula is C22H29N3O2. The summed E-state index contributed by atoms with van der Waals surface area (Å²) in [7, 11) is 0. The number of amides is 2. The molecule has 1 aliphatic rings. The summed E-state index contributed by atoms with van der Waals surface area (Å²) in [6.45, 7) is 5.28. The maximum atomic E-state index is 12.7. The van der Waals surface area contributed by atoms with E-state index in [1.807, 2.05) is 50.2 Å². The number of aliphatic hydroxyl groups excluding tert-OH is 1.